The highest BCUT2D eigenvalue weighted by atomic mass is 32.2. The SMILES string of the molecule is CC[C@H](N)c1ccccc1OCCCS(=O)(=O)CC. The summed E-state index contributed by atoms with van der Waals surface area (Å²) in [5, 5.41) is 0. The minimum atomic E-state index is -2.91. The highest BCUT2D eigenvalue weighted by molar-refractivity contribution is 7.91. The van der Waals surface area contributed by atoms with Gasteiger partial charge in [-0.05, 0) is 18.9 Å². The molecule has 2 N–H and O–H groups in total. The maximum absolute atomic E-state index is 11.4. The summed E-state index contributed by atoms with van der Waals surface area (Å²) in [5.74, 6) is 1.11. The lowest BCUT2D eigenvalue weighted by atomic mass is 10.0. The molecular weight excluding hydrogens is 262 g/mol. The summed E-state index contributed by atoms with van der Waals surface area (Å²) in [4.78, 5) is 0. The molecule has 0 fully saturated rings. The van der Waals surface area contributed by atoms with E-state index in [1.165, 1.54) is 0 Å². The van der Waals surface area contributed by atoms with Crippen LogP contribution in [0.25, 0.3) is 0 Å². The molecule has 108 valence electrons. The number of benzene rings is 1. The molecule has 1 atom stereocenters. The van der Waals surface area contributed by atoms with Crippen molar-refractivity contribution in [1.29, 1.82) is 0 Å². The lowest BCUT2D eigenvalue weighted by molar-refractivity contribution is 0.312. The fourth-order valence-corrected chi connectivity index (χ4v) is 2.59. The van der Waals surface area contributed by atoms with Crippen LogP contribution >= 0.6 is 0 Å². The van der Waals surface area contributed by atoms with Gasteiger partial charge in [0, 0.05) is 17.4 Å². The van der Waals surface area contributed by atoms with E-state index in [0.29, 0.717) is 13.0 Å². The molecule has 0 saturated carbocycles. The number of nitrogens with two attached hydrogens (primary N) is 1. The van der Waals surface area contributed by atoms with Crippen LogP contribution in [0.4, 0.5) is 0 Å². The zero-order valence-corrected chi connectivity index (χ0v) is 12.4. The Morgan fingerprint density at radius 2 is 1.95 bits per heavy atom. The number of ether oxygens (including phenoxy) is 1. The van der Waals surface area contributed by atoms with Gasteiger partial charge < -0.3 is 10.5 Å². The molecule has 0 saturated heterocycles. The first-order valence-corrected chi connectivity index (χ1v) is 8.50. The second kappa shape index (κ2) is 7.50. The molecule has 1 aromatic rings. The van der Waals surface area contributed by atoms with Gasteiger partial charge >= 0.3 is 0 Å². The number of para-hydroxylation sites is 1. The van der Waals surface area contributed by atoms with Crippen LogP contribution in [0, 0.1) is 0 Å². The summed E-state index contributed by atoms with van der Waals surface area (Å²) in [6.45, 7) is 4.08. The molecular formula is C14H23NO3S. The van der Waals surface area contributed by atoms with E-state index in [4.69, 9.17) is 10.5 Å². The molecule has 0 aliphatic carbocycles. The van der Waals surface area contributed by atoms with Crippen LogP contribution in [-0.4, -0.2) is 26.5 Å². The van der Waals surface area contributed by atoms with Crippen molar-refractivity contribution in [3.8, 4) is 5.75 Å². The Morgan fingerprint density at radius 3 is 2.58 bits per heavy atom. The first-order valence-electron chi connectivity index (χ1n) is 6.68. The minimum absolute atomic E-state index is 0.0458. The fraction of sp³-hybridized carbons (Fsp3) is 0.571. The van der Waals surface area contributed by atoms with E-state index in [1.54, 1.807) is 6.92 Å². The van der Waals surface area contributed by atoms with E-state index in [0.717, 1.165) is 17.7 Å². The van der Waals surface area contributed by atoms with Crippen molar-refractivity contribution in [2.45, 2.75) is 32.7 Å². The molecule has 0 heterocycles. The van der Waals surface area contributed by atoms with E-state index in [1.807, 2.05) is 31.2 Å². The molecule has 5 heteroatoms. The summed E-state index contributed by atoms with van der Waals surface area (Å²) in [5.41, 5.74) is 6.99. The van der Waals surface area contributed by atoms with Crippen molar-refractivity contribution in [1.82, 2.24) is 0 Å². The highest BCUT2D eigenvalue weighted by Crippen LogP contribution is 2.25. The third kappa shape index (κ3) is 5.20. The molecule has 0 amide bonds. The Hall–Kier alpha value is -1.07. The van der Waals surface area contributed by atoms with Crippen molar-refractivity contribution in [2.75, 3.05) is 18.1 Å². The average Bonchev–Trinajstić information content (AvgIpc) is 2.43. The van der Waals surface area contributed by atoms with Gasteiger partial charge in [-0.3, -0.25) is 0 Å². The number of rotatable bonds is 8. The van der Waals surface area contributed by atoms with Gasteiger partial charge in [-0.1, -0.05) is 32.0 Å². The van der Waals surface area contributed by atoms with Crippen LogP contribution in [-0.2, 0) is 9.84 Å². The first-order chi connectivity index (χ1) is 9.00. The van der Waals surface area contributed by atoms with Crippen LogP contribution in [0.3, 0.4) is 0 Å². The summed E-state index contributed by atoms with van der Waals surface area (Å²) in [6, 6.07) is 7.60. The van der Waals surface area contributed by atoms with Gasteiger partial charge in [0.25, 0.3) is 0 Å². The second-order valence-electron chi connectivity index (χ2n) is 4.49. The second-order valence-corrected chi connectivity index (χ2v) is 6.96. The molecule has 0 aliphatic rings. The van der Waals surface area contributed by atoms with Gasteiger partial charge in [0.2, 0.25) is 0 Å². The average molecular weight is 285 g/mol. The maximum atomic E-state index is 11.4. The van der Waals surface area contributed by atoms with Crippen molar-refractivity contribution in [3.63, 3.8) is 0 Å². The van der Waals surface area contributed by atoms with Crippen LogP contribution < -0.4 is 10.5 Å². The highest BCUT2D eigenvalue weighted by Gasteiger charge is 2.11. The molecule has 1 aromatic carbocycles. The van der Waals surface area contributed by atoms with Gasteiger partial charge in [0.15, 0.2) is 0 Å². The Balaban J connectivity index is 2.54. The predicted molar refractivity (Wildman–Crippen MR) is 78.1 cm³/mol. The van der Waals surface area contributed by atoms with Crippen molar-refractivity contribution >= 4 is 9.84 Å². The third-order valence-corrected chi connectivity index (χ3v) is 4.85. The molecule has 0 spiro atoms. The Morgan fingerprint density at radius 1 is 1.26 bits per heavy atom. The van der Waals surface area contributed by atoms with Crippen LogP contribution in [0.2, 0.25) is 0 Å². The minimum Gasteiger partial charge on any atom is -0.493 e. The molecule has 19 heavy (non-hydrogen) atoms. The lowest BCUT2D eigenvalue weighted by Crippen LogP contribution is -2.14. The molecule has 0 aliphatic heterocycles. The Kier molecular flexibility index (Phi) is 6.31. The van der Waals surface area contributed by atoms with Crippen molar-refractivity contribution in [2.24, 2.45) is 5.73 Å². The van der Waals surface area contributed by atoms with Crippen LogP contribution in [0.15, 0.2) is 24.3 Å². The molecule has 0 aromatic heterocycles. The fourth-order valence-electron chi connectivity index (χ4n) is 1.74. The third-order valence-electron chi connectivity index (χ3n) is 3.06. The number of sulfone groups is 1. The van der Waals surface area contributed by atoms with E-state index in [2.05, 4.69) is 0 Å². The van der Waals surface area contributed by atoms with Gasteiger partial charge in [-0.15, -0.1) is 0 Å². The van der Waals surface area contributed by atoms with E-state index in [9.17, 15) is 8.42 Å². The quantitative estimate of drug-likeness (QED) is 0.744. The monoisotopic (exact) mass is 285 g/mol. The molecule has 1 rings (SSSR count). The zero-order valence-electron chi connectivity index (χ0n) is 11.6. The summed E-state index contributed by atoms with van der Waals surface area (Å²) >= 11 is 0. The summed E-state index contributed by atoms with van der Waals surface area (Å²) in [7, 11) is -2.91. The normalized spacial score (nSPS) is 13.2. The first kappa shape index (κ1) is 16.0. The largest absolute Gasteiger partial charge is 0.493 e. The van der Waals surface area contributed by atoms with Crippen molar-refractivity contribution < 1.29 is 13.2 Å². The van der Waals surface area contributed by atoms with Gasteiger partial charge in [0.05, 0.1) is 12.4 Å². The lowest BCUT2D eigenvalue weighted by Gasteiger charge is -2.15. The standard InChI is InChI=1S/C14H23NO3S/c1-3-13(15)12-8-5-6-9-14(12)18-10-7-11-19(16,17)4-2/h5-6,8-9,13H,3-4,7,10-11,15H2,1-2H3/t13-/m0/s1. The van der Waals surface area contributed by atoms with Gasteiger partial charge in [-0.2, -0.15) is 0 Å². The van der Waals surface area contributed by atoms with E-state index >= 15 is 0 Å². The zero-order chi connectivity index (χ0) is 14.3. The maximum Gasteiger partial charge on any atom is 0.150 e. The smallest absolute Gasteiger partial charge is 0.150 e. The van der Waals surface area contributed by atoms with Gasteiger partial charge in [0.1, 0.15) is 15.6 Å². The molecule has 0 bridgehead atoms. The topological polar surface area (TPSA) is 69.4 Å². The predicted octanol–water partition coefficient (Wildman–Crippen LogP) is 2.30. The Bertz CT molecular complexity index is 485. The van der Waals surface area contributed by atoms with E-state index in [-0.39, 0.29) is 17.5 Å². The van der Waals surface area contributed by atoms with Gasteiger partial charge in [-0.25, -0.2) is 8.42 Å². The van der Waals surface area contributed by atoms with Crippen molar-refractivity contribution in [3.05, 3.63) is 29.8 Å². The van der Waals surface area contributed by atoms with E-state index < -0.39 is 9.84 Å². The van der Waals surface area contributed by atoms with Crippen LogP contribution in [0.1, 0.15) is 38.3 Å². The summed E-state index contributed by atoms with van der Waals surface area (Å²) < 4.78 is 28.4. The number of hydrogen-bond donors (Lipinski definition) is 1. The molecule has 0 radical (unpaired) electrons. The number of hydrogen-bond acceptors (Lipinski definition) is 4. The summed E-state index contributed by atoms with van der Waals surface area (Å²) in [6.07, 6.45) is 1.34. The molecule has 4 nitrogen and oxygen atoms in total. The Labute approximate surface area is 115 Å². The van der Waals surface area contributed by atoms with Crippen LogP contribution in [0.5, 0.6) is 5.75 Å². The molecule has 0 unspecified atom stereocenters.